The second-order valence-electron chi connectivity index (χ2n) is 4.26. The van der Waals surface area contributed by atoms with Crippen molar-refractivity contribution in [3.8, 4) is 12.1 Å². The molecule has 1 aromatic heterocycles. The molecule has 1 aromatic carbocycles. The number of halogens is 1. The molecule has 0 unspecified atom stereocenters. The summed E-state index contributed by atoms with van der Waals surface area (Å²) in [6, 6.07) is 8.90. The number of nitriles is 2. The molecule has 110 valence electrons. The maximum absolute atomic E-state index is 8.77. The Morgan fingerprint density at radius 3 is 2.68 bits per heavy atom. The summed E-state index contributed by atoms with van der Waals surface area (Å²) >= 11 is 7.42. The van der Waals surface area contributed by atoms with Gasteiger partial charge in [-0.3, -0.25) is 0 Å². The lowest BCUT2D eigenvalue weighted by atomic mass is 10.3. The topological polar surface area (TPSA) is 90.3 Å². The van der Waals surface area contributed by atoms with Crippen molar-refractivity contribution in [1.29, 1.82) is 10.5 Å². The van der Waals surface area contributed by atoms with E-state index in [0.29, 0.717) is 10.7 Å². The Morgan fingerprint density at radius 2 is 2.09 bits per heavy atom. The van der Waals surface area contributed by atoms with E-state index in [1.54, 1.807) is 24.3 Å². The predicted molar refractivity (Wildman–Crippen MR) is 84.2 cm³/mol. The highest BCUT2D eigenvalue weighted by molar-refractivity contribution is 7.99. The van der Waals surface area contributed by atoms with Crippen LogP contribution in [-0.2, 0) is 7.05 Å². The summed E-state index contributed by atoms with van der Waals surface area (Å²) in [5.74, 6) is 0.808. The molecule has 0 saturated heterocycles. The molecule has 0 aliphatic carbocycles. The van der Waals surface area contributed by atoms with E-state index in [1.807, 2.05) is 24.6 Å². The van der Waals surface area contributed by atoms with Gasteiger partial charge in [-0.05, 0) is 36.9 Å². The van der Waals surface area contributed by atoms with Crippen molar-refractivity contribution in [3.05, 3.63) is 40.8 Å². The van der Waals surface area contributed by atoms with Gasteiger partial charge in [0.05, 0.1) is 5.69 Å². The van der Waals surface area contributed by atoms with Crippen LogP contribution in [0, 0.1) is 29.6 Å². The Morgan fingerprint density at radius 1 is 1.36 bits per heavy atom. The third-order valence-electron chi connectivity index (χ3n) is 2.81. The highest BCUT2D eigenvalue weighted by atomic mass is 35.5. The van der Waals surface area contributed by atoms with Crippen LogP contribution in [0.25, 0.3) is 0 Å². The third-order valence-corrected chi connectivity index (χ3v) is 4.16. The first kappa shape index (κ1) is 15.9. The molecule has 22 heavy (non-hydrogen) atoms. The van der Waals surface area contributed by atoms with Gasteiger partial charge in [0.25, 0.3) is 0 Å². The molecule has 0 aliphatic heterocycles. The Hall–Kier alpha value is -2.48. The van der Waals surface area contributed by atoms with E-state index in [4.69, 9.17) is 22.1 Å². The average Bonchev–Trinajstić information content (AvgIpc) is 2.82. The van der Waals surface area contributed by atoms with Crippen LogP contribution in [0.3, 0.4) is 0 Å². The van der Waals surface area contributed by atoms with Gasteiger partial charge in [0.2, 0.25) is 0 Å². The van der Waals surface area contributed by atoms with Gasteiger partial charge in [-0.1, -0.05) is 11.6 Å². The summed E-state index contributed by atoms with van der Waals surface area (Å²) in [5.41, 5.74) is 0.659. The molecule has 0 amide bonds. The molecule has 0 radical (unpaired) electrons. The van der Waals surface area contributed by atoms with Crippen LogP contribution in [0.5, 0.6) is 0 Å². The van der Waals surface area contributed by atoms with Gasteiger partial charge >= 0.3 is 0 Å². The van der Waals surface area contributed by atoms with Crippen LogP contribution < -0.4 is 5.32 Å². The minimum absolute atomic E-state index is 0.0228. The molecule has 2 rings (SSSR count). The zero-order valence-corrected chi connectivity index (χ0v) is 13.4. The number of allylic oxidation sites excluding steroid dienone is 1. The van der Waals surface area contributed by atoms with Gasteiger partial charge in [-0.2, -0.15) is 10.5 Å². The molecule has 6 nitrogen and oxygen atoms in total. The Bertz CT molecular complexity index is 796. The van der Waals surface area contributed by atoms with Crippen LogP contribution in [0.15, 0.2) is 40.0 Å². The summed E-state index contributed by atoms with van der Waals surface area (Å²) in [6.07, 6.45) is 1.34. The van der Waals surface area contributed by atoms with Crippen LogP contribution >= 0.6 is 23.4 Å². The smallest absolute Gasteiger partial charge is 0.195 e. The molecule has 2 aromatic rings. The number of nitrogens with one attached hydrogen (secondary N) is 1. The molecule has 1 N–H and O–H groups in total. The number of benzene rings is 1. The first-order chi connectivity index (χ1) is 10.5. The number of aromatic nitrogens is 3. The molecule has 8 heteroatoms. The van der Waals surface area contributed by atoms with Crippen LogP contribution in [0.1, 0.15) is 5.82 Å². The summed E-state index contributed by atoms with van der Waals surface area (Å²) in [4.78, 5) is 0.853. The van der Waals surface area contributed by atoms with Crippen molar-refractivity contribution in [2.24, 2.45) is 7.05 Å². The monoisotopic (exact) mass is 330 g/mol. The van der Waals surface area contributed by atoms with Gasteiger partial charge in [0.1, 0.15) is 23.5 Å². The molecular formula is C14H11ClN6S. The normalized spacial score (nSPS) is 9.68. The number of anilines is 1. The fraction of sp³-hybridized carbons (Fsp3) is 0.143. The fourth-order valence-corrected chi connectivity index (χ4v) is 2.60. The lowest BCUT2D eigenvalue weighted by Crippen LogP contribution is -1.96. The summed E-state index contributed by atoms with van der Waals surface area (Å²) in [6.45, 7) is 1.87. The molecule has 0 atom stereocenters. The minimum Gasteiger partial charge on any atom is -0.359 e. The lowest BCUT2D eigenvalue weighted by molar-refractivity contribution is 0.766. The van der Waals surface area contributed by atoms with E-state index >= 15 is 0 Å². The highest BCUT2D eigenvalue weighted by Gasteiger charge is 2.10. The van der Waals surface area contributed by atoms with E-state index < -0.39 is 0 Å². The van der Waals surface area contributed by atoms with Crippen LogP contribution in [-0.4, -0.2) is 14.8 Å². The Balaban J connectivity index is 2.33. The Kier molecular flexibility index (Phi) is 5.05. The van der Waals surface area contributed by atoms with E-state index in [2.05, 4.69) is 15.5 Å². The van der Waals surface area contributed by atoms with Crippen molar-refractivity contribution >= 4 is 29.1 Å². The standard InChI is InChI=1S/C14H11ClN6S/c1-9-19-20-14(21(9)2)22-13-4-3-11(15)5-12(13)18-8-10(6-16)7-17/h3-5,8,18H,1-2H3. The average molecular weight is 331 g/mol. The van der Waals surface area contributed by atoms with Gasteiger partial charge in [-0.15, -0.1) is 10.2 Å². The van der Waals surface area contributed by atoms with E-state index in [-0.39, 0.29) is 5.57 Å². The van der Waals surface area contributed by atoms with Crippen LogP contribution in [0.2, 0.25) is 5.02 Å². The van der Waals surface area contributed by atoms with E-state index in [9.17, 15) is 0 Å². The van der Waals surface area contributed by atoms with Crippen molar-refractivity contribution in [2.45, 2.75) is 17.0 Å². The van der Waals surface area contributed by atoms with Gasteiger partial charge in [-0.25, -0.2) is 0 Å². The molecule has 1 heterocycles. The van der Waals surface area contributed by atoms with Gasteiger partial charge in [0.15, 0.2) is 5.16 Å². The van der Waals surface area contributed by atoms with Crippen molar-refractivity contribution in [1.82, 2.24) is 14.8 Å². The summed E-state index contributed by atoms with van der Waals surface area (Å²) < 4.78 is 1.87. The zero-order valence-electron chi connectivity index (χ0n) is 11.8. The quantitative estimate of drug-likeness (QED) is 0.865. The highest BCUT2D eigenvalue weighted by Crippen LogP contribution is 2.34. The molecule has 0 spiro atoms. The largest absolute Gasteiger partial charge is 0.359 e. The number of rotatable bonds is 4. The number of hydrogen-bond acceptors (Lipinski definition) is 6. The first-order valence-electron chi connectivity index (χ1n) is 6.15. The van der Waals surface area contributed by atoms with Crippen LogP contribution in [0.4, 0.5) is 5.69 Å². The number of hydrogen-bond donors (Lipinski definition) is 1. The molecular weight excluding hydrogens is 320 g/mol. The first-order valence-corrected chi connectivity index (χ1v) is 7.35. The lowest BCUT2D eigenvalue weighted by Gasteiger charge is -2.09. The second kappa shape index (κ2) is 6.99. The second-order valence-corrected chi connectivity index (χ2v) is 5.70. The summed E-state index contributed by atoms with van der Waals surface area (Å²) in [5, 5.41) is 29.9. The fourth-order valence-electron chi connectivity index (χ4n) is 1.52. The molecule has 0 bridgehead atoms. The van der Waals surface area contributed by atoms with Crippen molar-refractivity contribution < 1.29 is 0 Å². The van der Waals surface area contributed by atoms with Crippen molar-refractivity contribution in [3.63, 3.8) is 0 Å². The zero-order chi connectivity index (χ0) is 16.1. The minimum atomic E-state index is -0.0228. The van der Waals surface area contributed by atoms with E-state index in [0.717, 1.165) is 15.9 Å². The third kappa shape index (κ3) is 3.59. The number of nitrogens with zero attached hydrogens (tertiary/aromatic N) is 5. The number of aryl methyl sites for hydroxylation is 1. The van der Waals surface area contributed by atoms with E-state index in [1.165, 1.54) is 18.0 Å². The Labute approximate surface area is 137 Å². The molecule has 0 aliphatic rings. The molecule has 0 fully saturated rings. The van der Waals surface area contributed by atoms with Crippen molar-refractivity contribution in [2.75, 3.05) is 5.32 Å². The van der Waals surface area contributed by atoms with Gasteiger partial charge in [0, 0.05) is 23.2 Å². The maximum Gasteiger partial charge on any atom is 0.195 e. The maximum atomic E-state index is 8.77. The summed E-state index contributed by atoms with van der Waals surface area (Å²) in [7, 11) is 1.88. The SMILES string of the molecule is Cc1nnc(Sc2ccc(Cl)cc2NC=C(C#N)C#N)n1C. The van der Waals surface area contributed by atoms with Gasteiger partial charge < -0.3 is 9.88 Å². The predicted octanol–water partition coefficient (Wildman–Crippen LogP) is 3.27. The molecule has 0 saturated carbocycles.